The van der Waals surface area contributed by atoms with Crippen LogP contribution in [0.1, 0.15) is 42.1 Å². The fourth-order valence-corrected chi connectivity index (χ4v) is 6.34. The second kappa shape index (κ2) is 11.7. The predicted octanol–water partition coefficient (Wildman–Crippen LogP) is 5.89. The van der Waals surface area contributed by atoms with Gasteiger partial charge in [-0.25, -0.2) is 8.78 Å². The molecule has 3 aromatic carbocycles. The molecule has 2 aliphatic heterocycles. The van der Waals surface area contributed by atoms with Crippen molar-refractivity contribution in [2.75, 3.05) is 19.4 Å². The van der Waals surface area contributed by atoms with Gasteiger partial charge in [0.1, 0.15) is 17.7 Å². The number of piperidine rings is 1. The Morgan fingerprint density at radius 1 is 1.03 bits per heavy atom. The number of ether oxygens (including phenoxy) is 2. The summed E-state index contributed by atoms with van der Waals surface area (Å²) in [6.45, 7) is 0.265. The van der Waals surface area contributed by atoms with Gasteiger partial charge >= 0.3 is 5.97 Å². The smallest absolute Gasteiger partial charge is 0.313 e. The van der Waals surface area contributed by atoms with Crippen molar-refractivity contribution in [2.24, 2.45) is 5.92 Å². The summed E-state index contributed by atoms with van der Waals surface area (Å²) in [5, 5.41) is 0. The molecule has 2 N–H and O–H groups in total. The summed E-state index contributed by atoms with van der Waals surface area (Å²) in [4.78, 5) is 15.8. The van der Waals surface area contributed by atoms with Crippen LogP contribution in [0.25, 0.3) is 0 Å². The van der Waals surface area contributed by atoms with Crippen LogP contribution in [0, 0.1) is 21.1 Å². The highest BCUT2D eigenvalue weighted by molar-refractivity contribution is 14.1. The van der Waals surface area contributed by atoms with E-state index < -0.39 is 18.1 Å². The van der Waals surface area contributed by atoms with Gasteiger partial charge in [-0.1, -0.05) is 30.3 Å². The molecule has 0 radical (unpaired) electrons. The van der Waals surface area contributed by atoms with Crippen molar-refractivity contribution < 1.29 is 23.0 Å². The molecule has 2 fully saturated rings. The zero-order chi connectivity index (χ0) is 26.8. The maximum Gasteiger partial charge on any atom is 0.313 e. The maximum atomic E-state index is 13.7. The minimum absolute atomic E-state index is 0.0193. The number of hydrogen-bond acceptors (Lipinski definition) is 5. The van der Waals surface area contributed by atoms with E-state index in [0.717, 1.165) is 38.8 Å². The highest BCUT2D eigenvalue weighted by Gasteiger charge is 2.50. The van der Waals surface area contributed by atoms with Gasteiger partial charge in [-0.05, 0) is 102 Å². The Balaban J connectivity index is 1.36. The number of esters is 1. The first-order valence-corrected chi connectivity index (χ1v) is 14.0. The molecule has 4 atom stereocenters. The molecule has 0 saturated carbocycles. The number of halogens is 3. The first-order valence-electron chi connectivity index (χ1n) is 12.9. The van der Waals surface area contributed by atoms with E-state index in [1.54, 1.807) is 24.3 Å². The van der Waals surface area contributed by atoms with Gasteiger partial charge in [0.25, 0.3) is 0 Å². The van der Waals surface area contributed by atoms with Crippen molar-refractivity contribution in [2.45, 2.75) is 50.0 Å². The van der Waals surface area contributed by atoms with Gasteiger partial charge in [0, 0.05) is 27.8 Å². The molecule has 0 aliphatic carbocycles. The summed E-state index contributed by atoms with van der Waals surface area (Å²) in [5.74, 6) is -1.43. The standard InChI is InChI=1S/C30H31F2IN2O3/c1-35-23-11-13-26(35)28(30(36)37-15-14-18-2-12-25(34)24(33)16-18)27(17-23)38-29(19-3-7-21(31)8-4-19)20-5-9-22(32)10-6-20/h2-10,12,16,23,26-29H,11,13-15,17,34H2,1H3/t23?,26?,27-,28+/m0/s1. The number of nitrogen functional groups attached to an aromatic ring is 1. The molecule has 0 aromatic heterocycles. The summed E-state index contributed by atoms with van der Waals surface area (Å²) < 4.78 is 40.9. The fourth-order valence-electron chi connectivity index (χ4n) is 5.76. The highest BCUT2D eigenvalue weighted by atomic mass is 127. The number of nitrogens with two attached hydrogens (primary N) is 1. The third-order valence-corrected chi connectivity index (χ3v) is 8.78. The van der Waals surface area contributed by atoms with Gasteiger partial charge in [0.05, 0.1) is 18.6 Å². The average molecular weight is 632 g/mol. The van der Waals surface area contributed by atoms with Crippen molar-refractivity contribution in [3.63, 3.8) is 0 Å². The van der Waals surface area contributed by atoms with Crippen molar-refractivity contribution in [3.05, 3.63) is 98.6 Å². The molecule has 3 aromatic rings. The number of carbonyl (C=O) groups excluding carboxylic acids is 1. The second-order valence-electron chi connectivity index (χ2n) is 10.2. The van der Waals surface area contributed by atoms with E-state index in [-0.39, 0.29) is 30.3 Å². The molecule has 0 spiro atoms. The number of rotatable bonds is 8. The number of nitrogens with zero attached hydrogens (tertiary/aromatic N) is 1. The van der Waals surface area contributed by atoms with E-state index in [2.05, 4.69) is 34.5 Å². The van der Waals surface area contributed by atoms with Crippen LogP contribution >= 0.6 is 22.6 Å². The van der Waals surface area contributed by atoms with Crippen LogP contribution in [-0.4, -0.2) is 42.7 Å². The zero-order valence-electron chi connectivity index (χ0n) is 21.2. The van der Waals surface area contributed by atoms with Crippen molar-refractivity contribution in [1.82, 2.24) is 4.90 Å². The van der Waals surface area contributed by atoms with Gasteiger partial charge in [0.15, 0.2) is 0 Å². The Bertz CT molecular complexity index is 1230. The third kappa shape index (κ3) is 5.87. The number of hydrogen-bond donors (Lipinski definition) is 1. The minimum Gasteiger partial charge on any atom is -0.465 e. The van der Waals surface area contributed by atoms with Crippen LogP contribution in [0.2, 0.25) is 0 Å². The molecule has 5 rings (SSSR count). The highest BCUT2D eigenvalue weighted by Crippen LogP contribution is 2.42. The predicted molar refractivity (Wildman–Crippen MR) is 150 cm³/mol. The van der Waals surface area contributed by atoms with Gasteiger partial charge < -0.3 is 15.2 Å². The Labute approximate surface area is 235 Å². The van der Waals surface area contributed by atoms with Gasteiger partial charge in [-0.2, -0.15) is 0 Å². The number of anilines is 1. The molecule has 8 heteroatoms. The molecule has 2 saturated heterocycles. The quantitative estimate of drug-likeness (QED) is 0.191. The van der Waals surface area contributed by atoms with E-state index in [0.29, 0.717) is 18.9 Å². The molecule has 5 nitrogen and oxygen atoms in total. The summed E-state index contributed by atoms with van der Waals surface area (Å²) >= 11 is 2.20. The molecule has 2 heterocycles. The molecular formula is C30H31F2IN2O3. The molecule has 38 heavy (non-hydrogen) atoms. The zero-order valence-corrected chi connectivity index (χ0v) is 23.3. The van der Waals surface area contributed by atoms with Crippen molar-refractivity contribution in [3.8, 4) is 0 Å². The summed E-state index contributed by atoms with van der Waals surface area (Å²) in [7, 11) is 2.06. The SMILES string of the molecule is CN1C2CCC1[C@@H](C(=O)OCCc1ccc(N)c(I)c1)[C@@H](OC(c1ccc(F)cc1)c1ccc(F)cc1)C2. The summed E-state index contributed by atoms with van der Waals surface area (Å²) in [6, 6.07) is 18.4. The lowest BCUT2D eigenvalue weighted by atomic mass is 9.87. The first kappa shape index (κ1) is 27.0. The van der Waals surface area contributed by atoms with Crippen LogP contribution < -0.4 is 5.73 Å². The monoisotopic (exact) mass is 632 g/mol. The lowest BCUT2D eigenvalue weighted by molar-refractivity contribution is -0.164. The number of carbonyl (C=O) groups is 1. The van der Waals surface area contributed by atoms with E-state index >= 15 is 0 Å². The molecule has 2 aliphatic rings. The maximum absolute atomic E-state index is 13.7. The lowest BCUT2D eigenvalue weighted by Crippen LogP contribution is -2.53. The van der Waals surface area contributed by atoms with Crippen molar-refractivity contribution in [1.29, 1.82) is 0 Å². The summed E-state index contributed by atoms with van der Waals surface area (Å²) in [5.41, 5.74) is 9.19. The van der Waals surface area contributed by atoms with Gasteiger partial charge in [-0.3, -0.25) is 9.69 Å². The average Bonchev–Trinajstić information content (AvgIpc) is 3.13. The van der Waals surface area contributed by atoms with E-state index in [9.17, 15) is 13.6 Å². The van der Waals surface area contributed by atoms with E-state index in [1.165, 1.54) is 24.3 Å². The van der Waals surface area contributed by atoms with Crippen LogP contribution in [0.15, 0.2) is 66.7 Å². The number of fused-ring (bicyclic) bond motifs is 2. The van der Waals surface area contributed by atoms with Crippen LogP contribution in [-0.2, 0) is 20.7 Å². The van der Waals surface area contributed by atoms with E-state index in [1.807, 2.05) is 18.2 Å². The second-order valence-corrected chi connectivity index (χ2v) is 11.3. The Kier molecular flexibility index (Phi) is 8.30. The third-order valence-electron chi connectivity index (χ3n) is 7.84. The van der Waals surface area contributed by atoms with Crippen LogP contribution in [0.4, 0.5) is 14.5 Å². The Morgan fingerprint density at radius 2 is 1.66 bits per heavy atom. The first-order chi connectivity index (χ1) is 18.3. The minimum atomic E-state index is -0.573. The largest absolute Gasteiger partial charge is 0.465 e. The van der Waals surface area contributed by atoms with Gasteiger partial charge in [0.2, 0.25) is 0 Å². The summed E-state index contributed by atoms with van der Waals surface area (Å²) in [6.07, 6.45) is 2.20. The van der Waals surface area contributed by atoms with Crippen LogP contribution in [0.5, 0.6) is 0 Å². The fraction of sp³-hybridized carbons (Fsp3) is 0.367. The topological polar surface area (TPSA) is 64.8 Å². The Morgan fingerprint density at radius 3 is 2.26 bits per heavy atom. The molecule has 200 valence electrons. The van der Waals surface area contributed by atoms with Crippen LogP contribution in [0.3, 0.4) is 0 Å². The molecule has 2 unspecified atom stereocenters. The Hall–Kier alpha value is -2.56. The normalized spacial score (nSPS) is 23.1. The van der Waals surface area contributed by atoms with Gasteiger partial charge in [-0.15, -0.1) is 0 Å². The number of benzene rings is 3. The molecule has 2 bridgehead atoms. The molecule has 0 amide bonds. The van der Waals surface area contributed by atoms with E-state index in [4.69, 9.17) is 15.2 Å². The molecular weight excluding hydrogens is 601 g/mol. The lowest BCUT2D eigenvalue weighted by Gasteiger charge is -2.42. The van der Waals surface area contributed by atoms with Crippen molar-refractivity contribution >= 4 is 34.2 Å².